The van der Waals surface area contributed by atoms with Gasteiger partial charge in [0.05, 0.1) is 6.67 Å². The number of benzene rings is 1. The van der Waals surface area contributed by atoms with Crippen LogP contribution in [0.15, 0.2) is 24.3 Å². The van der Waals surface area contributed by atoms with Gasteiger partial charge in [-0.05, 0) is 37.1 Å². The first kappa shape index (κ1) is 11.5. The van der Waals surface area contributed by atoms with E-state index in [0.717, 1.165) is 6.67 Å². The molecule has 1 heterocycles. The summed E-state index contributed by atoms with van der Waals surface area (Å²) in [5, 5.41) is 0. The van der Waals surface area contributed by atoms with Gasteiger partial charge in [0.25, 0.3) is 0 Å². The Labute approximate surface area is 98.9 Å². The molecule has 0 atom stereocenters. The highest BCUT2D eigenvalue weighted by Gasteiger charge is 2.14. The van der Waals surface area contributed by atoms with Gasteiger partial charge in [0.15, 0.2) is 0 Å². The Balaban J connectivity index is 2.09. The monoisotopic (exact) mass is 218 g/mol. The fraction of sp³-hybridized carbons (Fsp3) is 0.571. The first-order valence-corrected chi connectivity index (χ1v) is 6.20. The Bertz CT molecular complexity index is 329. The van der Waals surface area contributed by atoms with Gasteiger partial charge >= 0.3 is 0 Å². The lowest BCUT2D eigenvalue weighted by atomic mass is 10.0. The van der Waals surface area contributed by atoms with Crippen molar-refractivity contribution in [1.82, 2.24) is 4.90 Å². The summed E-state index contributed by atoms with van der Waals surface area (Å²) < 4.78 is 0. The minimum atomic E-state index is 0.623. The normalized spacial score (nSPS) is 18.1. The molecule has 1 saturated heterocycles. The number of nitrogens with zero attached hydrogens (tertiary/aromatic N) is 2. The maximum absolute atomic E-state index is 2.45. The SMILES string of the molecule is CC(C)c1ccc(N2CCCN(C)C2)cc1. The van der Waals surface area contributed by atoms with E-state index in [9.17, 15) is 0 Å². The Hall–Kier alpha value is -1.02. The summed E-state index contributed by atoms with van der Waals surface area (Å²) in [5.41, 5.74) is 2.78. The second kappa shape index (κ2) is 4.88. The molecule has 2 heteroatoms. The van der Waals surface area contributed by atoms with Gasteiger partial charge in [-0.15, -0.1) is 0 Å². The molecule has 1 aliphatic rings. The van der Waals surface area contributed by atoms with Crippen molar-refractivity contribution in [1.29, 1.82) is 0 Å². The van der Waals surface area contributed by atoms with Crippen molar-refractivity contribution in [2.24, 2.45) is 0 Å². The molecular formula is C14H22N2. The lowest BCUT2D eigenvalue weighted by Gasteiger charge is -2.35. The molecule has 1 aromatic rings. The fourth-order valence-corrected chi connectivity index (χ4v) is 2.25. The molecule has 0 aliphatic carbocycles. The summed E-state index contributed by atoms with van der Waals surface area (Å²) in [6, 6.07) is 9.03. The Morgan fingerprint density at radius 2 is 1.75 bits per heavy atom. The summed E-state index contributed by atoms with van der Waals surface area (Å²) >= 11 is 0. The van der Waals surface area contributed by atoms with Crippen molar-refractivity contribution < 1.29 is 0 Å². The van der Waals surface area contributed by atoms with Crippen molar-refractivity contribution >= 4 is 5.69 Å². The van der Waals surface area contributed by atoms with Gasteiger partial charge < -0.3 is 4.90 Å². The summed E-state index contributed by atoms with van der Waals surface area (Å²) in [4.78, 5) is 4.83. The van der Waals surface area contributed by atoms with Crippen LogP contribution in [-0.4, -0.2) is 31.7 Å². The number of rotatable bonds is 2. The van der Waals surface area contributed by atoms with Crippen LogP contribution in [0.2, 0.25) is 0 Å². The molecule has 0 saturated carbocycles. The molecule has 0 radical (unpaired) electrons. The van der Waals surface area contributed by atoms with Crippen LogP contribution in [0.25, 0.3) is 0 Å². The third-order valence-corrected chi connectivity index (χ3v) is 3.30. The zero-order valence-corrected chi connectivity index (χ0v) is 10.6. The van der Waals surface area contributed by atoms with Crippen molar-refractivity contribution in [3.05, 3.63) is 29.8 Å². The number of hydrogen-bond acceptors (Lipinski definition) is 2. The van der Waals surface area contributed by atoms with Crippen LogP contribution < -0.4 is 4.90 Å². The molecule has 2 rings (SSSR count). The minimum Gasteiger partial charge on any atom is -0.358 e. The summed E-state index contributed by atoms with van der Waals surface area (Å²) in [7, 11) is 2.19. The summed E-state index contributed by atoms with van der Waals surface area (Å²) in [6.07, 6.45) is 1.27. The molecular weight excluding hydrogens is 196 g/mol. The molecule has 0 spiro atoms. The third-order valence-electron chi connectivity index (χ3n) is 3.30. The zero-order valence-electron chi connectivity index (χ0n) is 10.6. The fourth-order valence-electron chi connectivity index (χ4n) is 2.25. The van der Waals surface area contributed by atoms with Crippen molar-refractivity contribution in [2.75, 3.05) is 31.7 Å². The van der Waals surface area contributed by atoms with Gasteiger partial charge in [0.1, 0.15) is 0 Å². The van der Waals surface area contributed by atoms with E-state index in [-0.39, 0.29) is 0 Å². The zero-order chi connectivity index (χ0) is 11.5. The van der Waals surface area contributed by atoms with Crippen molar-refractivity contribution in [3.8, 4) is 0 Å². The van der Waals surface area contributed by atoms with E-state index in [2.05, 4.69) is 55.0 Å². The topological polar surface area (TPSA) is 6.48 Å². The predicted octanol–water partition coefficient (Wildman–Crippen LogP) is 2.91. The lowest BCUT2D eigenvalue weighted by molar-refractivity contribution is 0.292. The lowest BCUT2D eigenvalue weighted by Crippen LogP contribution is -2.42. The van der Waals surface area contributed by atoms with Crippen LogP contribution in [0.1, 0.15) is 31.7 Å². The molecule has 0 aromatic heterocycles. The molecule has 0 unspecified atom stereocenters. The maximum atomic E-state index is 2.45. The maximum Gasteiger partial charge on any atom is 0.0704 e. The second-order valence-electron chi connectivity index (χ2n) is 5.08. The Morgan fingerprint density at radius 3 is 2.31 bits per heavy atom. The van der Waals surface area contributed by atoms with E-state index in [0.29, 0.717) is 5.92 Å². The number of hydrogen-bond donors (Lipinski definition) is 0. The van der Waals surface area contributed by atoms with E-state index in [1.54, 1.807) is 0 Å². The van der Waals surface area contributed by atoms with Crippen LogP contribution in [0.3, 0.4) is 0 Å². The molecule has 88 valence electrons. The van der Waals surface area contributed by atoms with Gasteiger partial charge in [-0.1, -0.05) is 26.0 Å². The highest BCUT2D eigenvalue weighted by molar-refractivity contribution is 5.48. The van der Waals surface area contributed by atoms with Crippen LogP contribution in [-0.2, 0) is 0 Å². The second-order valence-corrected chi connectivity index (χ2v) is 5.08. The summed E-state index contributed by atoms with van der Waals surface area (Å²) in [5.74, 6) is 0.623. The van der Waals surface area contributed by atoms with E-state index >= 15 is 0 Å². The third kappa shape index (κ3) is 2.56. The quantitative estimate of drug-likeness (QED) is 0.753. The average molecular weight is 218 g/mol. The van der Waals surface area contributed by atoms with Gasteiger partial charge in [-0.2, -0.15) is 0 Å². The van der Waals surface area contributed by atoms with Crippen LogP contribution in [0.4, 0.5) is 5.69 Å². The first-order chi connectivity index (χ1) is 7.66. The van der Waals surface area contributed by atoms with Crippen LogP contribution >= 0.6 is 0 Å². The largest absolute Gasteiger partial charge is 0.358 e. The van der Waals surface area contributed by atoms with E-state index < -0.39 is 0 Å². The molecule has 1 aromatic carbocycles. The Morgan fingerprint density at radius 1 is 1.06 bits per heavy atom. The van der Waals surface area contributed by atoms with Crippen LogP contribution in [0.5, 0.6) is 0 Å². The highest BCUT2D eigenvalue weighted by atomic mass is 15.3. The van der Waals surface area contributed by atoms with Crippen LogP contribution in [0, 0.1) is 0 Å². The standard InChI is InChI=1S/C14H22N2/c1-12(2)13-5-7-14(8-6-13)16-10-4-9-15(3)11-16/h5-8,12H,4,9-11H2,1-3H3. The molecule has 1 aliphatic heterocycles. The average Bonchev–Trinajstić information content (AvgIpc) is 2.29. The van der Waals surface area contributed by atoms with Gasteiger partial charge in [-0.3, -0.25) is 4.90 Å². The van der Waals surface area contributed by atoms with Gasteiger partial charge in [0, 0.05) is 18.8 Å². The molecule has 0 bridgehead atoms. The van der Waals surface area contributed by atoms with E-state index in [1.165, 1.54) is 30.8 Å². The van der Waals surface area contributed by atoms with Crippen molar-refractivity contribution in [2.45, 2.75) is 26.2 Å². The minimum absolute atomic E-state index is 0.623. The van der Waals surface area contributed by atoms with E-state index in [4.69, 9.17) is 0 Å². The predicted molar refractivity (Wildman–Crippen MR) is 70.0 cm³/mol. The smallest absolute Gasteiger partial charge is 0.0704 e. The molecule has 16 heavy (non-hydrogen) atoms. The first-order valence-electron chi connectivity index (χ1n) is 6.20. The Kier molecular flexibility index (Phi) is 3.49. The molecule has 2 nitrogen and oxygen atoms in total. The highest BCUT2D eigenvalue weighted by Crippen LogP contribution is 2.21. The van der Waals surface area contributed by atoms with Crippen molar-refractivity contribution in [3.63, 3.8) is 0 Å². The molecule has 0 N–H and O–H groups in total. The van der Waals surface area contributed by atoms with Gasteiger partial charge in [0.2, 0.25) is 0 Å². The molecule has 1 fully saturated rings. The molecule has 0 amide bonds. The summed E-state index contributed by atoms with van der Waals surface area (Å²) in [6.45, 7) is 7.94. The van der Waals surface area contributed by atoms with Gasteiger partial charge in [-0.25, -0.2) is 0 Å². The van der Waals surface area contributed by atoms with E-state index in [1.807, 2.05) is 0 Å². The number of anilines is 1.